The van der Waals surface area contributed by atoms with Gasteiger partial charge in [-0.3, -0.25) is 9.59 Å². The van der Waals surface area contributed by atoms with Gasteiger partial charge in [-0.2, -0.15) is 0 Å². The normalized spacial score (nSPS) is 20.9. The molecule has 0 aliphatic carbocycles. The maximum Gasteiger partial charge on any atom is 0.259 e. The topological polar surface area (TPSA) is 45.6 Å². The van der Waals surface area contributed by atoms with Gasteiger partial charge in [0.25, 0.3) is 5.56 Å². The predicted molar refractivity (Wildman–Crippen MR) is 118 cm³/mol. The van der Waals surface area contributed by atoms with E-state index in [1.807, 2.05) is 46.7 Å². The number of nitrogens with zero attached hydrogens (tertiary/aromatic N) is 3. The molecule has 150 valence electrons. The Kier molecular flexibility index (Phi) is 4.56. The summed E-state index contributed by atoms with van der Waals surface area (Å²) in [7, 11) is 3.85. The molecule has 2 aromatic heterocycles. The third-order valence-electron chi connectivity index (χ3n) is 6.10. The van der Waals surface area contributed by atoms with Gasteiger partial charge < -0.3 is 14.4 Å². The summed E-state index contributed by atoms with van der Waals surface area (Å²) < 4.78 is 3.18. The molecule has 4 heterocycles. The monoisotopic (exact) mass is 407 g/mol. The molecule has 3 aromatic rings. The molecule has 1 fully saturated rings. The Hall–Kier alpha value is -2.44. The molecule has 29 heavy (non-hydrogen) atoms. The number of fused-ring (bicyclic) bond motifs is 5. The lowest BCUT2D eigenvalue weighted by Crippen LogP contribution is -2.51. The van der Waals surface area contributed by atoms with E-state index in [-0.39, 0.29) is 17.4 Å². The van der Waals surface area contributed by atoms with E-state index in [1.54, 1.807) is 11.3 Å². The number of likely N-dealkylation sites (tertiary alicyclic amines) is 1. The first kappa shape index (κ1) is 18.6. The first-order chi connectivity index (χ1) is 14.0. The second kappa shape index (κ2) is 7.11. The first-order valence-electron chi connectivity index (χ1n) is 10.1. The molecule has 0 N–H and O–H groups in total. The molecule has 0 saturated carbocycles. The van der Waals surface area contributed by atoms with Gasteiger partial charge in [0, 0.05) is 40.8 Å². The highest BCUT2D eigenvalue weighted by Crippen LogP contribution is 2.37. The zero-order chi connectivity index (χ0) is 20.1. The summed E-state index contributed by atoms with van der Waals surface area (Å²) in [5.41, 5.74) is 1.98. The molecule has 0 spiro atoms. The molecule has 0 radical (unpaired) electrons. The number of aromatic nitrogens is 1. The van der Waals surface area contributed by atoms with Crippen LogP contribution >= 0.6 is 11.3 Å². The van der Waals surface area contributed by atoms with Crippen LogP contribution in [0.15, 0.2) is 47.3 Å². The van der Waals surface area contributed by atoms with Crippen LogP contribution in [0.5, 0.6) is 0 Å². The fourth-order valence-electron chi connectivity index (χ4n) is 4.82. The summed E-state index contributed by atoms with van der Waals surface area (Å²) in [6.07, 6.45) is 1.06. The number of amides is 1. The molecule has 0 unspecified atom stereocenters. The molecule has 2 aliphatic rings. The summed E-state index contributed by atoms with van der Waals surface area (Å²) in [5.74, 6) is 0.780. The van der Waals surface area contributed by atoms with Gasteiger partial charge in [0.15, 0.2) is 0 Å². The predicted octanol–water partition coefficient (Wildman–Crippen LogP) is 3.24. The Balaban J connectivity index is 1.48. The van der Waals surface area contributed by atoms with Crippen LogP contribution in [0.4, 0.5) is 0 Å². The average Bonchev–Trinajstić information content (AvgIpc) is 3.12. The summed E-state index contributed by atoms with van der Waals surface area (Å²) in [6.45, 7) is 2.61. The van der Waals surface area contributed by atoms with E-state index in [2.05, 4.69) is 24.3 Å². The van der Waals surface area contributed by atoms with Crippen molar-refractivity contribution in [1.82, 2.24) is 14.4 Å². The van der Waals surface area contributed by atoms with Gasteiger partial charge >= 0.3 is 0 Å². The van der Waals surface area contributed by atoms with E-state index in [4.69, 9.17) is 0 Å². The highest BCUT2D eigenvalue weighted by Gasteiger charge is 2.36. The molecule has 6 heteroatoms. The lowest BCUT2D eigenvalue weighted by atomic mass is 9.83. The number of pyridine rings is 1. The maximum absolute atomic E-state index is 13.4. The second-order valence-electron chi connectivity index (χ2n) is 8.57. The number of piperidine rings is 1. The molecule has 5 rings (SSSR count). The summed E-state index contributed by atoms with van der Waals surface area (Å²) >= 11 is 1.68. The van der Waals surface area contributed by atoms with Crippen LogP contribution in [0.1, 0.15) is 18.0 Å². The van der Waals surface area contributed by atoms with Crippen molar-refractivity contribution in [3.8, 4) is 10.4 Å². The van der Waals surface area contributed by atoms with Crippen LogP contribution in [-0.4, -0.2) is 54.0 Å². The van der Waals surface area contributed by atoms with Crippen molar-refractivity contribution >= 4 is 27.3 Å². The van der Waals surface area contributed by atoms with Gasteiger partial charge in [-0.25, -0.2) is 0 Å². The molecule has 2 atom stereocenters. The lowest BCUT2D eigenvalue weighted by molar-refractivity contribution is -0.134. The van der Waals surface area contributed by atoms with E-state index in [0.29, 0.717) is 25.6 Å². The number of likely N-dealkylation sites (N-methyl/N-ethyl adjacent to an activating group) is 1. The molecule has 2 bridgehead atoms. The first-order valence-corrected chi connectivity index (χ1v) is 11.0. The van der Waals surface area contributed by atoms with Crippen LogP contribution in [0.2, 0.25) is 0 Å². The van der Waals surface area contributed by atoms with E-state index in [1.165, 1.54) is 10.1 Å². The van der Waals surface area contributed by atoms with E-state index in [0.717, 1.165) is 29.1 Å². The number of hydrogen-bond acceptors (Lipinski definition) is 4. The summed E-state index contributed by atoms with van der Waals surface area (Å²) in [5, 5.41) is 1.18. The van der Waals surface area contributed by atoms with Crippen LogP contribution < -0.4 is 5.56 Å². The molecule has 2 aliphatic heterocycles. The van der Waals surface area contributed by atoms with Gasteiger partial charge in [0.05, 0.1) is 12.1 Å². The highest BCUT2D eigenvalue weighted by atomic mass is 32.1. The van der Waals surface area contributed by atoms with Crippen LogP contribution in [0.25, 0.3) is 20.5 Å². The lowest BCUT2D eigenvalue weighted by Gasteiger charge is -2.43. The molecule has 1 saturated heterocycles. The minimum absolute atomic E-state index is 0.108. The quantitative estimate of drug-likeness (QED) is 0.670. The molecular weight excluding hydrogens is 382 g/mol. The Morgan fingerprint density at radius 2 is 1.97 bits per heavy atom. The fourth-order valence-corrected chi connectivity index (χ4v) is 5.90. The van der Waals surface area contributed by atoms with Crippen molar-refractivity contribution in [2.75, 3.05) is 33.7 Å². The Bertz CT molecular complexity index is 1110. The molecule has 1 amide bonds. The van der Waals surface area contributed by atoms with Gasteiger partial charge in [-0.1, -0.05) is 18.2 Å². The fraction of sp³-hybridized carbons (Fsp3) is 0.391. The third kappa shape index (κ3) is 3.30. The molecule has 5 nitrogen and oxygen atoms in total. The minimum Gasteiger partial charge on any atom is -0.341 e. The third-order valence-corrected chi connectivity index (χ3v) is 7.25. The minimum atomic E-state index is 0.108. The molecular formula is C23H25N3O2S. The maximum atomic E-state index is 13.4. The number of carbonyl (C=O) groups excluding carboxylic acids is 1. The Morgan fingerprint density at radius 3 is 2.76 bits per heavy atom. The number of carbonyl (C=O) groups is 1. The van der Waals surface area contributed by atoms with Crippen molar-refractivity contribution in [3.63, 3.8) is 0 Å². The molecule has 1 aromatic carbocycles. The van der Waals surface area contributed by atoms with E-state index < -0.39 is 0 Å². The highest BCUT2D eigenvalue weighted by molar-refractivity contribution is 7.22. The van der Waals surface area contributed by atoms with Crippen molar-refractivity contribution in [3.05, 3.63) is 58.5 Å². The van der Waals surface area contributed by atoms with E-state index in [9.17, 15) is 9.59 Å². The summed E-state index contributed by atoms with van der Waals surface area (Å²) in [4.78, 5) is 30.9. The smallest absolute Gasteiger partial charge is 0.259 e. The van der Waals surface area contributed by atoms with Crippen LogP contribution in [0.3, 0.4) is 0 Å². The zero-order valence-electron chi connectivity index (χ0n) is 16.8. The zero-order valence-corrected chi connectivity index (χ0v) is 17.6. The number of hydrogen-bond donors (Lipinski definition) is 0. The van der Waals surface area contributed by atoms with Crippen molar-refractivity contribution in [2.24, 2.45) is 5.92 Å². The SMILES string of the molecule is CN(C)CC(=O)N1C[C@@H]2C[C@H](C1)c1ccc(-c3cc4ccccc4s3)c(=O)n1C2. The van der Waals surface area contributed by atoms with Crippen molar-refractivity contribution in [1.29, 1.82) is 0 Å². The standard InChI is InChI=1S/C23H25N3O2S/c1-24(2)14-22(27)25-11-15-9-17(13-25)19-8-7-18(23(28)26(19)12-15)21-10-16-5-3-4-6-20(16)29-21/h3-8,10,15,17H,9,11-14H2,1-2H3/t15-,17+/m0/s1. The van der Waals surface area contributed by atoms with Crippen molar-refractivity contribution < 1.29 is 4.79 Å². The van der Waals surface area contributed by atoms with Crippen LogP contribution in [-0.2, 0) is 11.3 Å². The van der Waals surface area contributed by atoms with Crippen LogP contribution in [0, 0.1) is 5.92 Å². The largest absolute Gasteiger partial charge is 0.341 e. The van der Waals surface area contributed by atoms with Gasteiger partial charge in [0.1, 0.15) is 0 Å². The van der Waals surface area contributed by atoms with Gasteiger partial charge in [-0.15, -0.1) is 11.3 Å². The Labute approximate surface area is 174 Å². The van der Waals surface area contributed by atoms with E-state index >= 15 is 0 Å². The van der Waals surface area contributed by atoms with Crippen molar-refractivity contribution in [2.45, 2.75) is 18.9 Å². The Morgan fingerprint density at radius 1 is 1.14 bits per heavy atom. The second-order valence-corrected chi connectivity index (χ2v) is 9.66. The number of benzene rings is 1. The summed E-state index contributed by atoms with van der Waals surface area (Å²) in [6, 6.07) is 14.5. The van der Waals surface area contributed by atoms with Gasteiger partial charge in [0.2, 0.25) is 5.91 Å². The average molecular weight is 408 g/mol. The van der Waals surface area contributed by atoms with Gasteiger partial charge in [-0.05, 0) is 56.1 Å². The number of rotatable bonds is 3. The number of thiophene rings is 1.